The van der Waals surface area contributed by atoms with Crippen LogP contribution in [-0.2, 0) is 103 Å². The van der Waals surface area contributed by atoms with Crippen LogP contribution in [0.1, 0.15) is 331 Å². The van der Waals surface area contributed by atoms with E-state index in [0.717, 1.165) is 207 Å². The molecule has 0 radical (unpaired) electrons. The van der Waals surface area contributed by atoms with Gasteiger partial charge >= 0.3 is 103 Å². The normalized spacial score (nSPS) is 37.3. The molecule has 15 rings (SSSR count). The van der Waals surface area contributed by atoms with Gasteiger partial charge in [0.15, 0.2) is 0 Å². The minimum absolute atomic E-state index is 0. The van der Waals surface area contributed by atoms with Crippen molar-refractivity contribution in [2.24, 2.45) is 207 Å². The molecule has 1 aromatic carbocycles. The molecule has 12 fully saturated rings. The molecular formula is C119H232Hf4Si2. The van der Waals surface area contributed by atoms with E-state index in [4.69, 9.17) is 0 Å². The summed E-state index contributed by atoms with van der Waals surface area (Å²) in [6, 6.07) is 12.1. The van der Waals surface area contributed by atoms with Gasteiger partial charge in [-0.15, -0.1) is 0 Å². The maximum Gasteiger partial charge on any atom is 4.00 e. The molecule has 14 unspecified atom stereocenters. The van der Waals surface area contributed by atoms with Gasteiger partial charge in [0, 0.05) is 16.1 Å². The van der Waals surface area contributed by atoms with Crippen molar-refractivity contribution in [2.45, 2.75) is 372 Å². The molecule has 0 bridgehead atoms. The number of hydrogen-bond acceptors (Lipinski definition) is 0. The topological polar surface area (TPSA) is 0 Å². The average molecular weight is 2430 g/mol. The van der Waals surface area contributed by atoms with E-state index in [9.17, 15) is 0 Å². The van der Waals surface area contributed by atoms with Gasteiger partial charge in [0.25, 0.3) is 0 Å². The Labute approximate surface area is 878 Å². The van der Waals surface area contributed by atoms with Crippen LogP contribution < -0.4 is 0 Å². The van der Waals surface area contributed by atoms with Crippen LogP contribution in [0.2, 0.25) is 51.4 Å². The summed E-state index contributed by atoms with van der Waals surface area (Å²) in [5.74, 6) is 34.0. The average Bonchev–Trinajstić information content (AvgIpc) is 1.73. The van der Waals surface area contributed by atoms with Crippen molar-refractivity contribution in [1.82, 2.24) is 0 Å². The second-order valence-electron chi connectivity index (χ2n) is 46.2. The van der Waals surface area contributed by atoms with E-state index < -0.39 is 16.1 Å². The Hall–Kier alpha value is 2.35. The Balaban J connectivity index is -0.000000103. The van der Waals surface area contributed by atoms with Crippen LogP contribution in [-0.4, -0.2) is 16.1 Å². The van der Waals surface area contributed by atoms with Crippen molar-refractivity contribution < 1.29 is 103 Å². The van der Waals surface area contributed by atoms with Gasteiger partial charge in [0.05, 0.1) is 0 Å². The van der Waals surface area contributed by atoms with E-state index in [0.29, 0.717) is 5.41 Å². The van der Waals surface area contributed by atoms with E-state index in [1.54, 1.807) is 87.0 Å². The van der Waals surface area contributed by atoms with Crippen LogP contribution >= 0.6 is 0 Å². The van der Waals surface area contributed by atoms with Gasteiger partial charge in [0.2, 0.25) is 0 Å². The molecule has 14 atom stereocenters. The summed E-state index contributed by atoms with van der Waals surface area (Å²) in [6.07, 6.45) is 43.4. The molecule has 6 heteroatoms. The third-order valence-corrected chi connectivity index (χ3v) is 39.9. The molecule has 0 heterocycles. The first kappa shape index (κ1) is 155. The van der Waals surface area contributed by atoms with Gasteiger partial charge in [-0.2, -0.15) is 0 Å². The first-order chi connectivity index (χ1) is 49.1. The molecule has 0 amide bonds. The second-order valence-corrected chi connectivity index (χ2v) is 57.2. The molecule has 14 aliphatic rings. The zero-order valence-corrected chi connectivity index (χ0v) is 111. The fourth-order valence-electron chi connectivity index (χ4n) is 27.0. The van der Waals surface area contributed by atoms with Crippen molar-refractivity contribution in [1.29, 1.82) is 0 Å². The first-order valence-electron chi connectivity index (χ1n) is 47.3. The summed E-state index contributed by atoms with van der Waals surface area (Å²) in [5, 5.41) is 0. The van der Waals surface area contributed by atoms with E-state index in [-0.39, 0.29) is 222 Å². The van der Waals surface area contributed by atoms with Crippen LogP contribution in [0.5, 0.6) is 0 Å². The molecule has 0 N–H and O–H groups in total. The molecule has 0 aliphatic heterocycles. The number of hydrogen-bond donors (Lipinski definition) is 0. The monoisotopic (exact) mass is 2440 g/mol. The summed E-state index contributed by atoms with van der Waals surface area (Å²) in [4.78, 5) is 0. The van der Waals surface area contributed by atoms with Crippen LogP contribution in [0.15, 0.2) is 53.6 Å². The number of allylic oxidation sites excluding steroid dienone is 5. The molecule has 125 heavy (non-hydrogen) atoms. The summed E-state index contributed by atoms with van der Waals surface area (Å²) < 4.78 is 0. The molecular weight excluding hydrogens is 2200 g/mol. The van der Waals surface area contributed by atoms with Crippen LogP contribution in [0.4, 0.5) is 0 Å². The van der Waals surface area contributed by atoms with Crippen molar-refractivity contribution in [2.75, 3.05) is 0 Å². The zero-order chi connectivity index (χ0) is 77.6. The first-order valence-corrected chi connectivity index (χ1v) is 54.7. The fraction of sp³-hybridized carbons (Fsp3) is 0.765. The third-order valence-electron chi connectivity index (χ3n) is 36.4. The molecule has 732 valence electrons. The largest absolute Gasteiger partial charge is 4.00 e. The molecule has 0 spiro atoms. The second kappa shape index (κ2) is 69.2. The van der Waals surface area contributed by atoms with Gasteiger partial charge in [-0.25, -0.2) is 0 Å². The van der Waals surface area contributed by atoms with E-state index >= 15 is 0 Å². The van der Waals surface area contributed by atoms with Crippen LogP contribution in [0.25, 0.3) is 6.08 Å². The maximum atomic E-state index is 2.67. The SMILES string of the molecule is CC(C)(C)CC1CCC2CCCCC21.CC(C)CC1CCC2C=C3CCCC3=CC21.CC1C(C)C(C)C(C)C1C.CC1C(C)C(C)C(C)C1C.CC1C(C)C(C)C(C)C1C.CC1C(C)C(C)C(C)C1C.C[Si](C)(C)CC1CCC2CC3CCCC3CC21.C[Si](C)(C)CC1CCC2c3ccccc3C=CC12.[CH3-].[CH3-].[CH3-].[CH3-].[CH3-].[CH3-].[CH3-].[CH3-].[CH3-].[CH3-].[CH3-].[CH3-].[CH3-].[CH3-].[CH3-].[CH3-].[Hf+4].[Hf+4].[Hf+4].[Hf+4]. The van der Waals surface area contributed by atoms with Gasteiger partial charge in [-0.1, -0.05) is 318 Å². The molecule has 0 aromatic heterocycles. The molecule has 12 saturated carbocycles. The third kappa shape index (κ3) is 41.7. The predicted molar refractivity (Wildman–Crippen MR) is 578 cm³/mol. The van der Waals surface area contributed by atoms with Gasteiger partial charge < -0.3 is 119 Å². The van der Waals surface area contributed by atoms with Crippen LogP contribution in [0.3, 0.4) is 0 Å². The number of fused-ring (bicyclic) bond motifs is 8. The van der Waals surface area contributed by atoms with Crippen molar-refractivity contribution in [3.8, 4) is 0 Å². The quantitative estimate of drug-likeness (QED) is 0.189. The molecule has 0 nitrogen and oxygen atoms in total. The standard InChI is InChI=1S/C17H24Si.C16H30Si.C16H24.C14H26.4C10H20.16CH3.4Hf/c1-18(2,3)12-14-9-11-17-15-7-5-4-6-13(15)8-10-16(14)17;1-17(2,3)11-15-8-7-14-9-12-5-4-6-13(12)10-16(14)15;1-11(2)8-14-6-7-15-9-12-4-3-5-13(12)10-16(14)15;1-14(2,3)10-12-9-8-11-6-4-5-7-13(11)12;4*1-6-7(2)9(4)10(5)8(6)3;;;;;;;;;;;;;;;;;;;;/h4-8,10,14,16-17H,9,11-12H2,1-3H3;12-16H,4-11H2,1-3H3;9-11,14-16H,3-8H2,1-2H3;11-13H,4-10H2,1-3H3;4*6-10H,1-5H3;16*1H3;;;;/q;;;;;;;;16*-1;4*+4. The minimum atomic E-state index is -0.924. The number of benzene rings is 1. The van der Waals surface area contributed by atoms with Crippen LogP contribution in [0, 0.1) is 325 Å². The minimum Gasteiger partial charge on any atom is -0.358 e. The Kier molecular flexibility index (Phi) is 86.1. The Bertz CT molecular complexity index is 2550. The zero-order valence-electron chi connectivity index (χ0n) is 94.3. The van der Waals surface area contributed by atoms with Crippen molar-refractivity contribution in [3.63, 3.8) is 0 Å². The van der Waals surface area contributed by atoms with E-state index in [1.165, 1.54) is 88.7 Å². The summed E-state index contributed by atoms with van der Waals surface area (Å²) >= 11 is 0. The van der Waals surface area contributed by atoms with E-state index in [2.05, 4.69) is 261 Å². The number of rotatable bonds is 7. The summed E-state index contributed by atoms with van der Waals surface area (Å²) in [6.45, 7) is 75.2. The van der Waals surface area contributed by atoms with Gasteiger partial charge in [-0.3, -0.25) is 0 Å². The van der Waals surface area contributed by atoms with Crippen molar-refractivity contribution >= 4 is 22.2 Å². The molecule has 14 aliphatic carbocycles. The fourth-order valence-corrected chi connectivity index (χ4v) is 31.2. The van der Waals surface area contributed by atoms with Gasteiger partial charge in [-0.05, 0) is 331 Å². The summed E-state index contributed by atoms with van der Waals surface area (Å²) in [5.41, 5.74) is 7.07. The van der Waals surface area contributed by atoms with E-state index in [1.807, 2.05) is 0 Å². The smallest absolute Gasteiger partial charge is 0.358 e. The Morgan fingerprint density at radius 1 is 0.320 bits per heavy atom. The van der Waals surface area contributed by atoms with Gasteiger partial charge in [0.1, 0.15) is 0 Å². The van der Waals surface area contributed by atoms with Crippen molar-refractivity contribution in [3.05, 3.63) is 184 Å². The predicted octanol–water partition coefficient (Wildman–Crippen LogP) is 39.6. The Morgan fingerprint density at radius 3 is 1.05 bits per heavy atom. The maximum absolute atomic E-state index is 2.67. The summed E-state index contributed by atoms with van der Waals surface area (Å²) in [7, 11) is -1.76. The molecule has 0 saturated heterocycles. The molecule has 1 aromatic rings. The Morgan fingerprint density at radius 2 is 0.656 bits per heavy atom.